The molecule has 27 heavy (non-hydrogen) atoms. The van der Waals surface area contributed by atoms with E-state index in [1.807, 2.05) is 0 Å². The second kappa shape index (κ2) is 7.77. The Kier molecular flexibility index (Phi) is 5.79. The van der Waals surface area contributed by atoms with Gasteiger partial charge in [0.15, 0.2) is 0 Å². The van der Waals surface area contributed by atoms with Gasteiger partial charge in [-0.2, -0.15) is 0 Å². The molecule has 6 nitrogen and oxygen atoms in total. The first-order valence-corrected chi connectivity index (χ1v) is 10.7. The summed E-state index contributed by atoms with van der Waals surface area (Å²) < 4.78 is 52.4. The summed E-state index contributed by atoms with van der Waals surface area (Å²) in [5.41, 5.74) is -0.490. The van der Waals surface area contributed by atoms with Crippen molar-refractivity contribution in [1.29, 1.82) is 0 Å². The zero-order chi connectivity index (χ0) is 19.7. The number of carbonyl (C=O) groups is 1. The summed E-state index contributed by atoms with van der Waals surface area (Å²) in [5.74, 6) is -1.25. The van der Waals surface area contributed by atoms with E-state index in [-0.39, 0.29) is 29.3 Å². The van der Waals surface area contributed by atoms with E-state index in [4.69, 9.17) is 21.1 Å². The van der Waals surface area contributed by atoms with Gasteiger partial charge in [0.1, 0.15) is 11.1 Å². The Hall–Kier alpha value is -1.64. The average Bonchev–Trinajstić information content (AvgIpc) is 3.05. The molecule has 1 saturated heterocycles. The predicted molar refractivity (Wildman–Crippen MR) is 99.6 cm³/mol. The third kappa shape index (κ3) is 4.28. The number of benzene rings is 1. The molecule has 2 aliphatic rings. The molecule has 0 bridgehead atoms. The summed E-state index contributed by atoms with van der Waals surface area (Å²) in [5, 5.41) is -1.17. The molecule has 1 aliphatic heterocycles. The molecule has 0 radical (unpaired) electrons. The number of ether oxygens (including phenoxy) is 2. The van der Waals surface area contributed by atoms with Gasteiger partial charge < -0.3 is 9.47 Å². The van der Waals surface area contributed by atoms with E-state index in [0.29, 0.717) is 13.0 Å². The molecule has 1 aromatic carbocycles. The van der Waals surface area contributed by atoms with Gasteiger partial charge >= 0.3 is 5.97 Å². The van der Waals surface area contributed by atoms with E-state index in [1.165, 1.54) is 6.07 Å². The Morgan fingerprint density at radius 2 is 2.22 bits per heavy atom. The van der Waals surface area contributed by atoms with Crippen molar-refractivity contribution in [2.24, 2.45) is 0 Å². The third-order valence-corrected chi connectivity index (χ3v) is 6.85. The van der Waals surface area contributed by atoms with Gasteiger partial charge in [-0.05, 0) is 56.9 Å². The third-order valence-electron chi connectivity index (χ3n) is 4.80. The van der Waals surface area contributed by atoms with Crippen LogP contribution in [0, 0.1) is 5.82 Å². The lowest BCUT2D eigenvalue weighted by Crippen LogP contribution is -2.41. The van der Waals surface area contributed by atoms with Crippen molar-refractivity contribution < 1.29 is 27.1 Å². The largest absolute Gasteiger partial charge is 0.463 e. The standard InChI is InChI=1S/C18H21ClFNO5S/c1-2-25-17(22)13-11-18(7-3-9-26-18)8-6-16(13)27(23,24)21-15-5-4-12(20)10-14(15)19/h4-5,10-11,16,21H,2-3,6-9H2,1H3. The van der Waals surface area contributed by atoms with Crippen molar-refractivity contribution in [3.63, 3.8) is 0 Å². The molecule has 2 unspecified atom stereocenters. The minimum atomic E-state index is -4.01. The van der Waals surface area contributed by atoms with E-state index in [9.17, 15) is 17.6 Å². The van der Waals surface area contributed by atoms with Crippen LogP contribution in [0.25, 0.3) is 0 Å². The van der Waals surface area contributed by atoms with Gasteiger partial charge in [0.2, 0.25) is 10.0 Å². The van der Waals surface area contributed by atoms with Crippen LogP contribution in [-0.2, 0) is 24.3 Å². The highest BCUT2D eigenvalue weighted by Crippen LogP contribution is 2.40. The minimum Gasteiger partial charge on any atom is -0.463 e. The highest BCUT2D eigenvalue weighted by molar-refractivity contribution is 7.93. The molecular formula is C18H21ClFNO5S. The summed E-state index contributed by atoms with van der Waals surface area (Å²) in [6.45, 7) is 2.37. The van der Waals surface area contributed by atoms with Gasteiger partial charge in [-0.15, -0.1) is 0 Å². The van der Waals surface area contributed by atoms with Crippen LogP contribution < -0.4 is 4.72 Å². The van der Waals surface area contributed by atoms with E-state index < -0.39 is 32.7 Å². The smallest absolute Gasteiger partial charge is 0.335 e. The highest BCUT2D eigenvalue weighted by Gasteiger charge is 2.45. The van der Waals surface area contributed by atoms with Crippen molar-refractivity contribution in [3.05, 3.63) is 40.7 Å². The topological polar surface area (TPSA) is 81.7 Å². The van der Waals surface area contributed by atoms with Gasteiger partial charge in [0, 0.05) is 6.61 Å². The number of hydrogen-bond donors (Lipinski definition) is 1. The lowest BCUT2D eigenvalue weighted by Gasteiger charge is -2.34. The molecule has 148 valence electrons. The van der Waals surface area contributed by atoms with Gasteiger partial charge in [0.05, 0.1) is 28.5 Å². The van der Waals surface area contributed by atoms with Crippen molar-refractivity contribution >= 4 is 33.3 Å². The summed E-state index contributed by atoms with van der Waals surface area (Å²) in [4.78, 5) is 12.4. The van der Waals surface area contributed by atoms with Gasteiger partial charge in [0.25, 0.3) is 0 Å². The second-order valence-electron chi connectivity index (χ2n) is 6.64. The first-order chi connectivity index (χ1) is 12.8. The van der Waals surface area contributed by atoms with Crippen LogP contribution in [0.1, 0.15) is 32.6 Å². The minimum absolute atomic E-state index is 0.0543. The molecule has 0 aromatic heterocycles. The van der Waals surface area contributed by atoms with Gasteiger partial charge in [-0.1, -0.05) is 11.6 Å². The Morgan fingerprint density at radius 3 is 2.85 bits per heavy atom. The maximum absolute atomic E-state index is 13.2. The number of carbonyl (C=O) groups excluding carboxylic acids is 1. The molecule has 1 fully saturated rings. The Morgan fingerprint density at radius 1 is 1.44 bits per heavy atom. The molecule has 3 rings (SSSR count). The van der Waals surface area contributed by atoms with Crippen molar-refractivity contribution in [1.82, 2.24) is 0 Å². The molecule has 0 amide bonds. The molecule has 1 aromatic rings. The Bertz CT molecular complexity index is 865. The van der Waals surface area contributed by atoms with Crippen LogP contribution in [0.4, 0.5) is 10.1 Å². The second-order valence-corrected chi connectivity index (χ2v) is 8.91. The molecule has 2 atom stereocenters. The number of esters is 1. The highest BCUT2D eigenvalue weighted by atomic mass is 35.5. The van der Waals surface area contributed by atoms with Crippen LogP contribution in [-0.4, -0.2) is 38.5 Å². The molecule has 1 heterocycles. The molecular weight excluding hydrogens is 397 g/mol. The average molecular weight is 418 g/mol. The quantitative estimate of drug-likeness (QED) is 0.742. The zero-order valence-corrected chi connectivity index (χ0v) is 16.4. The van der Waals surface area contributed by atoms with Crippen LogP contribution in [0.2, 0.25) is 5.02 Å². The number of nitrogens with one attached hydrogen (secondary N) is 1. The molecule has 0 saturated carbocycles. The van der Waals surface area contributed by atoms with E-state index in [2.05, 4.69) is 4.72 Å². The summed E-state index contributed by atoms with van der Waals surface area (Å²) >= 11 is 5.93. The molecule has 1 spiro atoms. The SMILES string of the molecule is CCOC(=O)C1=CC2(CCCO2)CCC1S(=O)(=O)Nc1ccc(F)cc1Cl. The maximum atomic E-state index is 13.2. The summed E-state index contributed by atoms with van der Waals surface area (Å²) in [6.07, 6.45) is 3.89. The van der Waals surface area contributed by atoms with Crippen LogP contribution in [0.15, 0.2) is 29.8 Å². The number of halogens is 2. The van der Waals surface area contributed by atoms with Gasteiger partial charge in [-0.3, -0.25) is 4.72 Å². The first-order valence-electron chi connectivity index (χ1n) is 8.77. The predicted octanol–water partition coefficient (Wildman–Crippen LogP) is 3.42. The number of hydrogen-bond acceptors (Lipinski definition) is 5. The fourth-order valence-corrected chi connectivity index (χ4v) is 5.36. The Balaban J connectivity index is 1.93. The van der Waals surface area contributed by atoms with E-state index in [1.54, 1.807) is 13.0 Å². The van der Waals surface area contributed by atoms with Crippen LogP contribution in [0.3, 0.4) is 0 Å². The fourth-order valence-electron chi connectivity index (χ4n) is 3.53. The Labute approximate surface area is 162 Å². The lowest BCUT2D eigenvalue weighted by atomic mass is 9.84. The van der Waals surface area contributed by atoms with Crippen molar-refractivity contribution in [2.75, 3.05) is 17.9 Å². The van der Waals surface area contributed by atoms with Crippen molar-refractivity contribution in [2.45, 2.75) is 43.5 Å². The molecule has 9 heteroatoms. The van der Waals surface area contributed by atoms with Gasteiger partial charge in [-0.25, -0.2) is 17.6 Å². The zero-order valence-electron chi connectivity index (χ0n) is 14.8. The van der Waals surface area contributed by atoms with Crippen LogP contribution in [0.5, 0.6) is 0 Å². The summed E-state index contributed by atoms with van der Waals surface area (Å²) in [6, 6.07) is 3.37. The van der Waals surface area contributed by atoms with E-state index >= 15 is 0 Å². The molecule has 1 aliphatic carbocycles. The first kappa shape index (κ1) is 20.1. The molecule has 1 N–H and O–H groups in total. The number of anilines is 1. The van der Waals surface area contributed by atoms with Crippen LogP contribution >= 0.6 is 11.6 Å². The monoisotopic (exact) mass is 417 g/mol. The van der Waals surface area contributed by atoms with Crippen molar-refractivity contribution in [3.8, 4) is 0 Å². The fraction of sp³-hybridized carbons (Fsp3) is 0.500. The maximum Gasteiger partial charge on any atom is 0.335 e. The lowest BCUT2D eigenvalue weighted by molar-refractivity contribution is -0.139. The number of sulfonamides is 1. The summed E-state index contributed by atoms with van der Waals surface area (Å²) in [7, 11) is -4.01. The van der Waals surface area contributed by atoms with E-state index in [0.717, 1.165) is 25.0 Å². The normalized spacial score (nSPS) is 25.3. The number of rotatable bonds is 5.